The van der Waals surface area contributed by atoms with Gasteiger partial charge in [-0.05, 0) is 38.1 Å². The van der Waals surface area contributed by atoms with Gasteiger partial charge in [0.25, 0.3) is 5.91 Å². The van der Waals surface area contributed by atoms with Crippen LogP contribution in [0.2, 0.25) is 0 Å². The summed E-state index contributed by atoms with van der Waals surface area (Å²) in [5, 5.41) is 10.0. The predicted molar refractivity (Wildman–Crippen MR) is 115 cm³/mol. The van der Waals surface area contributed by atoms with E-state index in [1.165, 1.54) is 6.07 Å². The monoisotopic (exact) mass is 402 g/mol. The molecule has 4 aromatic rings. The van der Waals surface area contributed by atoms with E-state index in [4.69, 9.17) is 0 Å². The molecule has 2 heterocycles. The Hall–Kier alpha value is -3.58. The van der Waals surface area contributed by atoms with E-state index < -0.39 is 11.3 Å². The van der Waals surface area contributed by atoms with Gasteiger partial charge in [-0.15, -0.1) is 11.3 Å². The fourth-order valence-corrected chi connectivity index (χ4v) is 3.60. The number of hydrogen-bond donors (Lipinski definition) is 1. The van der Waals surface area contributed by atoms with Crippen LogP contribution in [0.1, 0.15) is 21.2 Å². The van der Waals surface area contributed by atoms with Crippen molar-refractivity contribution in [3.05, 3.63) is 92.7 Å². The fraction of sp³-hybridized carbons (Fsp3) is 0.0909. The summed E-state index contributed by atoms with van der Waals surface area (Å²) in [6.45, 7) is 3.73. The summed E-state index contributed by atoms with van der Waals surface area (Å²) in [5.74, 6) is -0.550. The molecule has 2 aromatic carbocycles. The Labute approximate surface area is 171 Å². The van der Waals surface area contributed by atoms with Gasteiger partial charge in [-0.2, -0.15) is 5.10 Å². The number of hydrogen-bond acceptors (Lipinski definition) is 5. The third-order valence-corrected chi connectivity index (χ3v) is 5.13. The predicted octanol–water partition coefficient (Wildman–Crippen LogP) is 4.23. The molecule has 1 amide bonds. The van der Waals surface area contributed by atoms with Crippen LogP contribution in [-0.4, -0.2) is 20.7 Å². The molecule has 0 bridgehead atoms. The van der Waals surface area contributed by atoms with Crippen LogP contribution in [0, 0.1) is 13.8 Å². The van der Waals surface area contributed by atoms with Gasteiger partial charge in [0.2, 0.25) is 5.43 Å². The summed E-state index contributed by atoms with van der Waals surface area (Å²) >= 11 is 1.57. The summed E-state index contributed by atoms with van der Waals surface area (Å²) in [7, 11) is 0. The van der Waals surface area contributed by atoms with Gasteiger partial charge in [-0.25, -0.2) is 9.67 Å². The number of aryl methyl sites for hydroxylation is 2. The molecule has 0 saturated heterocycles. The molecule has 4 rings (SSSR count). The SMILES string of the molecule is Cc1nc(-c2cccc(NC(=O)c3nn(-c4ccccc4)c(C)cc3=O)c2)cs1. The minimum absolute atomic E-state index is 0.158. The Morgan fingerprint density at radius 3 is 2.55 bits per heavy atom. The van der Waals surface area contributed by atoms with E-state index in [1.807, 2.05) is 60.8 Å². The highest BCUT2D eigenvalue weighted by atomic mass is 32.1. The van der Waals surface area contributed by atoms with Crippen LogP contribution < -0.4 is 10.7 Å². The number of carbonyl (C=O) groups is 1. The van der Waals surface area contributed by atoms with Crippen molar-refractivity contribution in [1.29, 1.82) is 0 Å². The van der Waals surface area contributed by atoms with Crippen molar-refractivity contribution in [3.8, 4) is 16.9 Å². The van der Waals surface area contributed by atoms with Crippen molar-refractivity contribution in [2.45, 2.75) is 13.8 Å². The summed E-state index contributed by atoms with van der Waals surface area (Å²) in [4.78, 5) is 29.7. The molecule has 2 aromatic heterocycles. The number of anilines is 1. The smallest absolute Gasteiger partial charge is 0.280 e. The van der Waals surface area contributed by atoms with Crippen molar-refractivity contribution in [3.63, 3.8) is 0 Å². The van der Waals surface area contributed by atoms with Crippen molar-refractivity contribution < 1.29 is 4.79 Å². The number of carbonyl (C=O) groups excluding carboxylic acids is 1. The van der Waals surface area contributed by atoms with Gasteiger partial charge in [0.05, 0.1) is 16.4 Å². The van der Waals surface area contributed by atoms with Gasteiger partial charge in [0.1, 0.15) is 0 Å². The zero-order valence-corrected chi connectivity index (χ0v) is 16.7. The van der Waals surface area contributed by atoms with Crippen molar-refractivity contribution >= 4 is 22.9 Å². The van der Waals surface area contributed by atoms with Crippen molar-refractivity contribution in [2.75, 3.05) is 5.32 Å². The number of rotatable bonds is 4. The molecule has 0 unspecified atom stereocenters. The van der Waals surface area contributed by atoms with Crippen LogP contribution in [0.3, 0.4) is 0 Å². The van der Waals surface area contributed by atoms with Crippen LogP contribution in [0.15, 0.2) is 70.8 Å². The van der Waals surface area contributed by atoms with Crippen LogP contribution in [-0.2, 0) is 0 Å². The molecule has 1 N–H and O–H groups in total. The maximum atomic E-state index is 12.8. The Kier molecular flexibility index (Phi) is 5.05. The lowest BCUT2D eigenvalue weighted by Gasteiger charge is -2.11. The largest absolute Gasteiger partial charge is 0.320 e. The highest BCUT2D eigenvalue weighted by Crippen LogP contribution is 2.24. The molecule has 0 radical (unpaired) electrons. The van der Waals surface area contributed by atoms with Crippen LogP contribution in [0.4, 0.5) is 5.69 Å². The third kappa shape index (κ3) is 4.00. The molecule has 144 valence electrons. The number of benzene rings is 2. The zero-order valence-electron chi connectivity index (χ0n) is 15.9. The van der Waals surface area contributed by atoms with Crippen LogP contribution in [0.25, 0.3) is 16.9 Å². The quantitative estimate of drug-likeness (QED) is 0.554. The first-order chi connectivity index (χ1) is 14.0. The molecular formula is C22H18N4O2S. The number of nitrogens with one attached hydrogen (secondary N) is 1. The minimum atomic E-state index is -0.550. The van der Waals surface area contributed by atoms with Crippen molar-refractivity contribution in [1.82, 2.24) is 14.8 Å². The normalized spacial score (nSPS) is 10.7. The average Bonchev–Trinajstić information content (AvgIpc) is 3.15. The Bertz CT molecular complexity index is 1250. The van der Waals surface area contributed by atoms with E-state index in [0.717, 1.165) is 22.0 Å². The molecule has 0 spiro atoms. The minimum Gasteiger partial charge on any atom is -0.320 e. The molecule has 0 aliphatic heterocycles. The van der Waals surface area contributed by atoms with E-state index in [-0.39, 0.29) is 5.69 Å². The first-order valence-corrected chi connectivity index (χ1v) is 9.89. The van der Waals surface area contributed by atoms with E-state index >= 15 is 0 Å². The standard InChI is InChI=1S/C22H18N4O2S/c1-14-11-20(27)21(25-26(14)18-9-4-3-5-10-18)22(28)24-17-8-6-7-16(12-17)19-13-29-15(2)23-19/h3-13H,1-2H3,(H,24,28). The van der Waals surface area contributed by atoms with Gasteiger partial charge in [-0.1, -0.05) is 30.3 Å². The summed E-state index contributed by atoms with van der Waals surface area (Å²) in [6.07, 6.45) is 0. The van der Waals surface area contributed by atoms with Gasteiger partial charge in [0.15, 0.2) is 5.69 Å². The molecule has 0 aliphatic carbocycles. The van der Waals surface area contributed by atoms with Crippen LogP contribution >= 0.6 is 11.3 Å². The summed E-state index contributed by atoms with van der Waals surface area (Å²) in [5.41, 5.74) is 3.17. The van der Waals surface area contributed by atoms with Crippen molar-refractivity contribution in [2.24, 2.45) is 0 Å². The molecule has 0 fully saturated rings. The van der Waals surface area contributed by atoms with E-state index in [2.05, 4.69) is 15.4 Å². The highest BCUT2D eigenvalue weighted by molar-refractivity contribution is 7.09. The van der Waals surface area contributed by atoms with E-state index in [0.29, 0.717) is 11.4 Å². The number of amides is 1. The first kappa shape index (κ1) is 18.8. The van der Waals surface area contributed by atoms with Gasteiger partial charge >= 0.3 is 0 Å². The lowest BCUT2D eigenvalue weighted by Crippen LogP contribution is -2.26. The molecule has 29 heavy (non-hydrogen) atoms. The number of para-hydroxylation sites is 1. The summed E-state index contributed by atoms with van der Waals surface area (Å²) < 4.78 is 1.59. The van der Waals surface area contributed by atoms with E-state index in [9.17, 15) is 9.59 Å². The molecule has 6 nitrogen and oxygen atoms in total. The third-order valence-electron chi connectivity index (χ3n) is 4.36. The maximum absolute atomic E-state index is 12.8. The second-order valence-electron chi connectivity index (χ2n) is 6.53. The first-order valence-electron chi connectivity index (χ1n) is 9.01. The second-order valence-corrected chi connectivity index (χ2v) is 7.59. The second kappa shape index (κ2) is 7.81. The maximum Gasteiger partial charge on any atom is 0.280 e. The molecule has 0 saturated carbocycles. The number of aromatic nitrogens is 3. The topological polar surface area (TPSA) is 76.9 Å². The number of thiazole rings is 1. The lowest BCUT2D eigenvalue weighted by atomic mass is 10.1. The average molecular weight is 402 g/mol. The Morgan fingerprint density at radius 2 is 1.83 bits per heavy atom. The van der Waals surface area contributed by atoms with Gasteiger partial charge in [-0.3, -0.25) is 9.59 Å². The number of nitrogens with zero attached hydrogens (tertiary/aromatic N) is 3. The molecule has 7 heteroatoms. The van der Waals surface area contributed by atoms with E-state index in [1.54, 1.807) is 29.0 Å². The zero-order chi connectivity index (χ0) is 20.4. The summed E-state index contributed by atoms with van der Waals surface area (Å²) in [6, 6.07) is 18.2. The molecular weight excluding hydrogens is 384 g/mol. The lowest BCUT2D eigenvalue weighted by molar-refractivity contribution is 0.101. The van der Waals surface area contributed by atoms with Crippen LogP contribution in [0.5, 0.6) is 0 Å². The van der Waals surface area contributed by atoms with Gasteiger partial charge < -0.3 is 5.32 Å². The Balaban J connectivity index is 1.65. The molecule has 0 atom stereocenters. The fourth-order valence-electron chi connectivity index (χ4n) is 2.98. The Morgan fingerprint density at radius 1 is 1.03 bits per heavy atom. The van der Waals surface area contributed by atoms with Gasteiger partial charge in [0, 0.05) is 28.4 Å². The highest BCUT2D eigenvalue weighted by Gasteiger charge is 2.16. The molecule has 0 aliphatic rings.